The van der Waals surface area contributed by atoms with Gasteiger partial charge in [0, 0.05) is 0 Å². The van der Waals surface area contributed by atoms with Crippen molar-refractivity contribution >= 4 is 32.8 Å². The molecule has 44 heavy (non-hydrogen) atoms. The largest absolute Gasteiger partial charge is 1.00 e. The molecule has 0 N–H and O–H groups in total. The van der Waals surface area contributed by atoms with Crippen molar-refractivity contribution in [1.82, 2.24) is 0 Å². The molecule has 236 valence electrons. The molecule has 1 aliphatic carbocycles. The first-order valence-electron chi connectivity index (χ1n) is 15.4. The molecule has 1 atom stereocenters. The monoisotopic (exact) mass is 720 g/mol. The van der Waals surface area contributed by atoms with Gasteiger partial charge in [0.15, 0.2) is 0 Å². The van der Waals surface area contributed by atoms with Gasteiger partial charge >= 0.3 is 76.7 Å². The molecule has 4 aromatic carbocycles. The van der Waals surface area contributed by atoms with Gasteiger partial charge in [-0.2, -0.15) is 6.08 Å². The summed E-state index contributed by atoms with van der Waals surface area (Å²) in [6.07, 6.45) is 5.81. The van der Waals surface area contributed by atoms with E-state index in [4.69, 9.17) is 0 Å². The molecule has 0 bridgehead atoms. The van der Waals surface area contributed by atoms with Gasteiger partial charge in [-0.25, -0.2) is 10.8 Å². The molecule has 0 aliphatic heterocycles. The smallest absolute Gasteiger partial charge is 1.00 e. The molecule has 0 amide bonds. The van der Waals surface area contributed by atoms with Gasteiger partial charge in [-0.05, 0) is 18.9 Å². The second-order valence-corrected chi connectivity index (χ2v) is 22.0. The molecule has 4 aromatic rings. The summed E-state index contributed by atoms with van der Waals surface area (Å²) < 4.78 is 1.46. The summed E-state index contributed by atoms with van der Waals surface area (Å²) in [5, 5.41) is 7.08. The van der Waals surface area contributed by atoms with Crippen LogP contribution in [-0.4, -0.2) is 11.3 Å². The molecule has 0 aromatic heterocycles. The quantitative estimate of drug-likeness (QED) is 0.187. The Kier molecular flexibility index (Phi) is 14.7. The summed E-state index contributed by atoms with van der Waals surface area (Å²) in [7, 11) is -1.07. The Morgan fingerprint density at radius 3 is 1.48 bits per heavy atom. The van der Waals surface area contributed by atoms with Crippen LogP contribution in [0.5, 0.6) is 0 Å². The van der Waals surface area contributed by atoms with Crippen LogP contribution in [0.4, 0.5) is 0 Å². The predicted molar refractivity (Wildman–Crippen MR) is 188 cm³/mol. The molecule has 0 heterocycles. The Hall–Kier alpha value is -1.44. The van der Waals surface area contributed by atoms with E-state index in [-0.39, 0.29) is 35.6 Å². The van der Waals surface area contributed by atoms with Crippen LogP contribution in [0, 0.1) is 18.9 Å². The van der Waals surface area contributed by atoms with Crippen LogP contribution >= 0.6 is 0 Å². The molecule has 1 unspecified atom stereocenters. The Morgan fingerprint density at radius 1 is 0.750 bits per heavy atom. The Labute approximate surface area is 297 Å². The number of aryl methyl sites for hydroxylation is 1. The number of hydrogen-bond acceptors (Lipinski definition) is 0. The van der Waals surface area contributed by atoms with E-state index in [1.807, 2.05) is 0 Å². The maximum atomic E-state index is 3.43. The van der Waals surface area contributed by atoms with Crippen molar-refractivity contribution in [2.24, 2.45) is 5.92 Å². The Morgan fingerprint density at radius 2 is 1.18 bits per heavy atom. The predicted octanol–water partition coefficient (Wildman–Crippen LogP) is 5.59. The maximum absolute atomic E-state index is 3.43. The second kappa shape index (κ2) is 15.9. The molecule has 5 rings (SSSR count). The summed E-state index contributed by atoms with van der Waals surface area (Å²) in [5.41, 5.74) is 7.33. The minimum atomic E-state index is -1.07. The van der Waals surface area contributed by atoms with Crippen molar-refractivity contribution in [2.45, 2.75) is 99.7 Å². The Balaban J connectivity index is 0.000000358. The molecule has 4 heteroatoms. The number of halogens is 2. The summed E-state index contributed by atoms with van der Waals surface area (Å²) >= 11 is 1.51. The first kappa shape index (κ1) is 40.6. The van der Waals surface area contributed by atoms with Crippen molar-refractivity contribution in [3.8, 4) is 0 Å². The third kappa shape index (κ3) is 10.8. The van der Waals surface area contributed by atoms with Gasteiger partial charge in [-0.15, -0.1) is 39.7 Å². The third-order valence-electron chi connectivity index (χ3n) is 7.99. The molecule has 0 spiro atoms. The topological polar surface area (TPSA) is 0 Å². The van der Waals surface area contributed by atoms with Crippen molar-refractivity contribution in [3.05, 3.63) is 112 Å². The van der Waals surface area contributed by atoms with Gasteiger partial charge in [0.05, 0.1) is 0 Å². The fourth-order valence-corrected chi connectivity index (χ4v) is 7.76. The molecular formula is C40H52Cl2SiZr-2. The molecule has 0 fully saturated rings. The summed E-state index contributed by atoms with van der Waals surface area (Å²) in [4.78, 5) is 0. The van der Waals surface area contributed by atoms with E-state index in [0.717, 1.165) is 0 Å². The average Bonchev–Trinajstić information content (AvgIpc) is 3.41. The van der Waals surface area contributed by atoms with E-state index in [9.17, 15) is 0 Å². The van der Waals surface area contributed by atoms with Crippen molar-refractivity contribution in [3.63, 3.8) is 0 Å². The number of fused-ring (bicyclic) bond motifs is 3. The van der Waals surface area contributed by atoms with E-state index < -0.39 is 8.07 Å². The van der Waals surface area contributed by atoms with Crippen LogP contribution in [0.15, 0.2) is 83.6 Å². The van der Waals surface area contributed by atoms with Crippen LogP contribution < -0.4 is 24.8 Å². The van der Waals surface area contributed by atoms with Crippen molar-refractivity contribution in [1.29, 1.82) is 0 Å². The van der Waals surface area contributed by atoms with Gasteiger partial charge in [-0.3, -0.25) is 6.08 Å². The third-order valence-corrected chi connectivity index (χ3v) is 10.9. The minimum Gasteiger partial charge on any atom is -1.00 e. The van der Waals surface area contributed by atoms with E-state index in [0.29, 0.717) is 5.92 Å². The van der Waals surface area contributed by atoms with E-state index >= 15 is 0 Å². The summed E-state index contributed by atoms with van der Waals surface area (Å²) in [5.74, 6) is 0.553. The first-order chi connectivity index (χ1) is 19.3. The SMILES string of the molecule is CC(C)(C)c1ccc2c(c1)[cH-]c1cc(C(C)(C)C)ccc12.CC1=[C-]C(C)C=C1[Si](C)(C)C.C[C](=[Zr+2])c1ccc(C)cc1.[Cl-].[Cl-]. The fourth-order valence-electron chi connectivity index (χ4n) is 5.41. The maximum Gasteiger partial charge on any atom is -1.00 e. The van der Waals surface area contributed by atoms with Gasteiger partial charge in [0.25, 0.3) is 0 Å². The molecule has 0 saturated carbocycles. The molecule has 0 saturated heterocycles. The first-order valence-corrected chi connectivity index (χ1v) is 20.1. The van der Waals surface area contributed by atoms with Crippen LogP contribution in [0.25, 0.3) is 21.5 Å². The number of benzene rings is 3. The van der Waals surface area contributed by atoms with Crippen LogP contribution in [-0.2, 0) is 35.1 Å². The zero-order chi connectivity index (χ0) is 31.6. The normalized spacial score (nSPS) is 14.8. The molecule has 1 aliphatic rings. The molecular weight excluding hydrogens is 671 g/mol. The zero-order valence-corrected chi connectivity index (χ0v) is 34.2. The van der Waals surface area contributed by atoms with Gasteiger partial charge in [0.2, 0.25) is 0 Å². The average molecular weight is 723 g/mol. The fraction of sp³-hybridized carbons (Fsp3) is 0.400. The van der Waals surface area contributed by atoms with Crippen LogP contribution in [0.2, 0.25) is 19.6 Å². The van der Waals surface area contributed by atoms with E-state index in [1.54, 1.807) is 5.20 Å². The number of allylic oxidation sites excluding steroid dienone is 4. The van der Waals surface area contributed by atoms with E-state index in [2.05, 4.69) is 168 Å². The van der Waals surface area contributed by atoms with Crippen LogP contribution in [0.1, 0.15) is 84.6 Å². The van der Waals surface area contributed by atoms with Crippen LogP contribution in [0.3, 0.4) is 0 Å². The zero-order valence-electron chi connectivity index (χ0n) is 29.3. The minimum absolute atomic E-state index is 0. The van der Waals surface area contributed by atoms with Crippen molar-refractivity contribution < 1.29 is 49.0 Å². The van der Waals surface area contributed by atoms with Gasteiger partial charge in [0.1, 0.15) is 0 Å². The second-order valence-electron chi connectivity index (χ2n) is 15.1. The van der Waals surface area contributed by atoms with Gasteiger partial charge in [-0.1, -0.05) is 116 Å². The van der Waals surface area contributed by atoms with Gasteiger partial charge < -0.3 is 24.8 Å². The van der Waals surface area contributed by atoms with Crippen molar-refractivity contribution in [2.75, 3.05) is 0 Å². The molecule has 0 nitrogen and oxygen atoms in total. The summed E-state index contributed by atoms with van der Waals surface area (Å²) in [6, 6.07) is 24.8. The number of rotatable bonds is 2. The van der Waals surface area contributed by atoms with E-state index in [1.165, 1.54) is 76.8 Å². The Bertz CT molecular complexity index is 1550. The number of hydrogen-bond donors (Lipinski definition) is 0. The standard InChI is InChI=1S/C21H25.C10H17Si.C9H10.2ClH.Zr/c1-20(2,3)16-7-9-18-14(12-16)11-15-13-17(21(4,5)6)8-10-19(15)18;1-8-6-9(2)10(7-8)11(3,4)5;1-3-9-6-4-8(2)5-7-9;;;/h7-13H,1-6H3;7-8H,1-5H3;4-7H,1-2H3;2*1H;/q2*-1;;;;+2/p-2. The molecule has 0 radical (unpaired) electrons. The summed E-state index contributed by atoms with van der Waals surface area (Å²) in [6.45, 7) is 29.5.